The second kappa shape index (κ2) is 7.65. The molecule has 0 radical (unpaired) electrons. The highest BCUT2D eigenvalue weighted by Crippen LogP contribution is 2.38. The van der Waals surface area contributed by atoms with E-state index in [0.29, 0.717) is 0 Å². The molecule has 1 heterocycles. The SMILES string of the molecule is B/C=C1/C(CCCCCC)=C(Br)C(=O)N1c1ccccc1. The van der Waals surface area contributed by atoms with E-state index in [1.165, 1.54) is 19.3 Å². The maximum Gasteiger partial charge on any atom is 0.270 e. The van der Waals surface area contributed by atoms with Crippen LogP contribution in [-0.2, 0) is 4.79 Å². The zero-order chi connectivity index (χ0) is 15.2. The van der Waals surface area contributed by atoms with Crippen LogP contribution in [0.3, 0.4) is 0 Å². The molecule has 0 unspecified atom stereocenters. The predicted molar refractivity (Wildman–Crippen MR) is 95.3 cm³/mol. The van der Waals surface area contributed by atoms with Crippen LogP contribution in [0.15, 0.2) is 52.1 Å². The Hall–Kier alpha value is -1.29. The Labute approximate surface area is 136 Å². The quantitative estimate of drug-likeness (QED) is 0.560. The summed E-state index contributed by atoms with van der Waals surface area (Å²) in [7, 11) is 2.00. The van der Waals surface area contributed by atoms with E-state index >= 15 is 0 Å². The topological polar surface area (TPSA) is 20.3 Å². The monoisotopic (exact) mass is 345 g/mol. The van der Waals surface area contributed by atoms with Crippen molar-refractivity contribution in [3.05, 3.63) is 52.1 Å². The molecule has 0 bridgehead atoms. The van der Waals surface area contributed by atoms with Crippen molar-refractivity contribution in [3.8, 4) is 0 Å². The lowest BCUT2D eigenvalue weighted by Gasteiger charge is -2.20. The third-order valence-electron chi connectivity index (χ3n) is 3.77. The lowest BCUT2D eigenvalue weighted by molar-refractivity contribution is -0.113. The Bertz CT molecular complexity index is 565. The summed E-state index contributed by atoms with van der Waals surface area (Å²) in [5.74, 6) is 2.08. The average Bonchev–Trinajstić information content (AvgIpc) is 2.76. The Morgan fingerprint density at radius 1 is 1.19 bits per heavy atom. The van der Waals surface area contributed by atoms with Gasteiger partial charge in [-0.1, -0.05) is 50.4 Å². The van der Waals surface area contributed by atoms with Gasteiger partial charge < -0.3 is 0 Å². The highest BCUT2D eigenvalue weighted by Gasteiger charge is 2.33. The highest BCUT2D eigenvalue weighted by molar-refractivity contribution is 9.12. The molecular weight excluding hydrogens is 325 g/mol. The molecule has 1 aromatic carbocycles. The number of unbranched alkanes of at least 4 members (excludes halogenated alkanes) is 3. The molecule has 110 valence electrons. The summed E-state index contributed by atoms with van der Waals surface area (Å²) < 4.78 is 0.718. The van der Waals surface area contributed by atoms with Crippen LogP contribution < -0.4 is 4.90 Å². The summed E-state index contributed by atoms with van der Waals surface area (Å²) in [6, 6.07) is 9.84. The van der Waals surface area contributed by atoms with Gasteiger partial charge in [-0.2, -0.15) is 0 Å². The fourth-order valence-electron chi connectivity index (χ4n) is 2.69. The van der Waals surface area contributed by atoms with Crippen LogP contribution in [0.1, 0.15) is 39.0 Å². The largest absolute Gasteiger partial charge is 0.277 e. The van der Waals surface area contributed by atoms with E-state index in [9.17, 15) is 4.79 Å². The second-order valence-electron chi connectivity index (χ2n) is 5.25. The van der Waals surface area contributed by atoms with Crippen molar-refractivity contribution in [2.75, 3.05) is 4.90 Å². The van der Waals surface area contributed by atoms with Gasteiger partial charge in [-0.3, -0.25) is 9.69 Å². The maximum atomic E-state index is 12.6. The van der Waals surface area contributed by atoms with Gasteiger partial charge in [-0.05, 0) is 46.5 Å². The molecule has 1 aliphatic rings. The van der Waals surface area contributed by atoms with Gasteiger partial charge in [0.05, 0.1) is 4.48 Å². The lowest BCUT2D eigenvalue weighted by Crippen LogP contribution is -2.24. The number of carbonyl (C=O) groups excluding carboxylic acids is 1. The first-order chi connectivity index (χ1) is 10.2. The van der Waals surface area contributed by atoms with E-state index in [4.69, 9.17) is 0 Å². The van der Waals surface area contributed by atoms with Crippen LogP contribution in [0.25, 0.3) is 0 Å². The third-order valence-corrected chi connectivity index (χ3v) is 4.59. The van der Waals surface area contributed by atoms with Crippen LogP contribution in [0.5, 0.6) is 0 Å². The molecule has 0 N–H and O–H groups in total. The van der Waals surface area contributed by atoms with E-state index in [0.717, 1.165) is 34.3 Å². The van der Waals surface area contributed by atoms with Crippen LogP contribution in [0, 0.1) is 0 Å². The zero-order valence-corrected chi connectivity index (χ0v) is 14.3. The summed E-state index contributed by atoms with van der Waals surface area (Å²) >= 11 is 3.51. The summed E-state index contributed by atoms with van der Waals surface area (Å²) in [5.41, 5.74) is 3.09. The first-order valence-corrected chi connectivity index (χ1v) is 8.44. The highest BCUT2D eigenvalue weighted by atomic mass is 79.9. The fraction of sp³-hybridized carbons (Fsp3) is 0.353. The molecule has 0 saturated heterocycles. The minimum atomic E-state index is 0.0415. The Morgan fingerprint density at radius 3 is 2.52 bits per heavy atom. The van der Waals surface area contributed by atoms with E-state index in [1.807, 2.05) is 44.2 Å². The number of halogens is 1. The van der Waals surface area contributed by atoms with Gasteiger partial charge in [-0.15, -0.1) is 0 Å². The Morgan fingerprint density at radius 2 is 1.90 bits per heavy atom. The van der Waals surface area contributed by atoms with Gasteiger partial charge in [0.2, 0.25) is 0 Å². The van der Waals surface area contributed by atoms with Crippen molar-refractivity contribution in [1.82, 2.24) is 0 Å². The molecule has 0 aliphatic carbocycles. The van der Waals surface area contributed by atoms with Crippen LogP contribution in [0.4, 0.5) is 5.69 Å². The number of rotatable bonds is 6. The predicted octanol–water partition coefficient (Wildman–Crippen LogP) is 4.13. The summed E-state index contributed by atoms with van der Waals surface area (Å²) in [6.07, 6.45) is 5.79. The zero-order valence-electron chi connectivity index (χ0n) is 12.7. The van der Waals surface area contributed by atoms with E-state index in [1.54, 1.807) is 4.90 Å². The van der Waals surface area contributed by atoms with Crippen molar-refractivity contribution >= 4 is 35.4 Å². The number of nitrogens with zero attached hydrogens (tertiary/aromatic N) is 1. The summed E-state index contributed by atoms with van der Waals surface area (Å²) in [4.78, 5) is 14.4. The normalized spacial score (nSPS) is 17.1. The number of anilines is 1. The number of hydrogen-bond acceptors (Lipinski definition) is 1. The fourth-order valence-corrected chi connectivity index (χ4v) is 3.27. The third kappa shape index (κ3) is 3.49. The number of allylic oxidation sites excluding steroid dienone is 1. The Balaban J connectivity index is 2.20. The standard InChI is InChI=1S/C17H21BBrNO/c1-2-3-4-8-11-14-15(12-18)20(17(21)16(14)19)13-9-6-5-7-10-13/h5-7,9-10,12H,2-4,8,11,18H2,1H3/b15-12-. The maximum absolute atomic E-state index is 12.6. The minimum Gasteiger partial charge on any atom is -0.277 e. The van der Waals surface area contributed by atoms with Crippen LogP contribution >= 0.6 is 15.9 Å². The van der Waals surface area contributed by atoms with Gasteiger partial charge in [0.15, 0.2) is 0 Å². The molecule has 0 saturated carbocycles. The summed E-state index contributed by atoms with van der Waals surface area (Å²) in [5, 5.41) is 0. The van der Waals surface area contributed by atoms with Crippen molar-refractivity contribution in [2.24, 2.45) is 0 Å². The molecule has 0 atom stereocenters. The van der Waals surface area contributed by atoms with Gasteiger partial charge in [-0.25, -0.2) is 0 Å². The van der Waals surface area contributed by atoms with Crippen molar-refractivity contribution in [3.63, 3.8) is 0 Å². The first kappa shape index (κ1) is 16.1. The molecular formula is C17H21BBrNO. The molecule has 0 aromatic heterocycles. The van der Waals surface area contributed by atoms with Crippen LogP contribution in [-0.4, -0.2) is 13.8 Å². The minimum absolute atomic E-state index is 0.0415. The lowest BCUT2D eigenvalue weighted by atomic mass is 10.00. The molecule has 21 heavy (non-hydrogen) atoms. The van der Waals surface area contributed by atoms with Gasteiger partial charge in [0.25, 0.3) is 5.91 Å². The van der Waals surface area contributed by atoms with Gasteiger partial charge in [0, 0.05) is 11.4 Å². The molecule has 1 aliphatic heterocycles. The van der Waals surface area contributed by atoms with E-state index in [2.05, 4.69) is 22.9 Å². The van der Waals surface area contributed by atoms with Gasteiger partial charge in [0.1, 0.15) is 7.85 Å². The van der Waals surface area contributed by atoms with E-state index in [-0.39, 0.29) is 5.91 Å². The molecule has 4 heteroatoms. The number of para-hydroxylation sites is 1. The molecule has 2 rings (SSSR count). The Kier molecular flexibility index (Phi) is 5.86. The first-order valence-electron chi connectivity index (χ1n) is 7.65. The van der Waals surface area contributed by atoms with Gasteiger partial charge >= 0.3 is 0 Å². The smallest absolute Gasteiger partial charge is 0.270 e. The molecule has 2 nitrogen and oxygen atoms in total. The number of hydrogen-bond donors (Lipinski definition) is 0. The molecule has 1 aromatic rings. The second-order valence-corrected chi connectivity index (χ2v) is 6.05. The molecule has 1 amide bonds. The van der Waals surface area contributed by atoms with Crippen molar-refractivity contribution in [2.45, 2.75) is 39.0 Å². The van der Waals surface area contributed by atoms with Crippen molar-refractivity contribution in [1.29, 1.82) is 0 Å². The number of benzene rings is 1. The molecule has 0 spiro atoms. The number of carbonyl (C=O) groups is 1. The van der Waals surface area contributed by atoms with E-state index < -0.39 is 0 Å². The number of amides is 1. The summed E-state index contributed by atoms with van der Waals surface area (Å²) in [6.45, 7) is 2.21. The average molecular weight is 346 g/mol. The van der Waals surface area contributed by atoms with Crippen molar-refractivity contribution < 1.29 is 4.79 Å². The van der Waals surface area contributed by atoms with Crippen LogP contribution in [0.2, 0.25) is 0 Å². The molecule has 0 fully saturated rings.